The van der Waals surface area contributed by atoms with Crippen molar-refractivity contribution in [2.75, 3.05) is 11.9 Å². The first kappa shape index (κ1) is 12.8. The molecule has 0 aliphatic heterocycles. The molecule has 1 aliphatic carbocycles. The summed E-state index contributed by atoms with van der Waals surface area (Å²) in [4.78, 5) is 11.4. The smallest absolute Gasteiger partial charge is 0.319 e. The quantitative estimate of drug-likeness (QED) is 0.770. The molecule has 1 aromatic rings. The van der Waals surface area contributed by atoms with Crippen LogP contribution < -0.4 is 10.6 Å². The van der Waals surface area contributed by atoms with E-state index in [2.05, 4.69) is 10.6 Å². The first-order valence-electron chi connectivity index (χ1n) is 5.74. The molecule has 0 spiro atoms. The van der Waals surface area contributed by atoms with E-state index in [-0.39, 0.29) is 18.2 Å². The molecule has 1 unspecified atom stereocenters. The van der Waals surface area contributed by atoms with E-state index in [0.717, 1.165) is 25.0 Å². The van der Waals surface area contributed by atoms with Gasteiger partial charge in [0.2, 0.25) is 0 Å². The summed E-state index contributed by atoms with van der Waals surface area (Å²) in [7, 11) is 0. The van der Waals surface area contributed by atoms with Crippen molar-refractivity contribution >= 4 is 11.7 Å². The minimum atomic E-state index is -0.840. The second-order valence-electron chi connectivity index (χ2n) is 4.36. The van der Waals surface area contributed by atoms with E-state index in [1.807, 2.05) is 0 Å². The number of anilines is 1. The number of hydrogen-bond donors (Lipinski definition) is 3. The molecule has 98 valence electrons. The topological polar surface area (TPSA) is 61.4 Å². The average Bonchev–Trinajstić information content (AvgIpc) is 3.14. The highest BCUT2D eigenvalue weighted by Gasteiger charge is 2.29. The zero-order valence-electron chi connectivity index (χ0n) is 9.62. The fourth-order valence-corrected chi connectivity index (χ4v) is 1.60. The van der Waals surface area contributed by atoms with Gasteiger partial charge in [-0.2, -0.15) is 0 Å². The Labute approximate surface area is 103 Å². The van der Waals surface area contributed by atoms with Crippen LogP contribution in [0.1, 0.15) is 12.8 Å². The van der Waals surface area contributed by atoms with Gasteiger partial charge in [0.25, 0.3) is 0 Å². The first-order valence-corrected chi connectivity index (χ1v) is 5.74. The summed E-state index contributed by atoms with van der Waals surface area (Å²) in [5.41, 5.74) is -0.102. The maximum absolute atomic E-state index is 13.2. The molecule has 1 aromatic carbocycles. The highest BCUT2D eigenvalue weighted by atomic mass is 19.1. The number of aliphatic hydroxyl groups is 1. The number of rotatable bonds is 4. The molecule has 1 atom stereocenters. The molecule has 1 aliphatic rings. The average molecular weight is 256 g/mol. The van der Waals surface area contributed by atoms with E-state index in [1.165, 1.54) is 0 Å². The Kier molecular flexibility index (Phi) is 3.76. The van der Waals surface area contributed by atoms with Gasteiger partial charge in [0.05, 0.1) is 11.8 Å². The lowest BCUT2D eigenvalue weighted by Crippen LogP contribution is -2.36. The summed E-state index contributed by atoms with van der Waals surface area (Å²) in [6, 6.07) is 2.26. The fraction of sp³-hybridized carbons (Fsp3) is 0.417. The Morgan fingerprint density at radius 1 is 1.44 bits per heavy atom. The van der Waals surface area contributed by atoms with Crippen LogP contribution in [0.3, 0.4) is 0 Å². The molecule has 6 heteroatoms. The molecular weight excluding hydrogens is 242 g/mol. The van der Waals surface area contributed by atoms with Gasteiger partial charge in [0.15, 0.2) is 0 Å². The molecule has 18 heavy (non-hydrogen) atoms. The van der Waals surface area contributed by atoms with E-state index in [9.17, 15) is 18.7 Å². The molecule has 0 bridgehead atoms. The van der Waals surface area contributed by atoms with Gasteiger partial charge in [-0.3, -0.25) is 0 Å². The van der Waals surface area contributed by atoms with E-state index in [0.29, 0.717) is 6.07 Å². The zero-order valence-corrected chi connectivity index (χ0v) is 9.62. The second kappa shape index (κ2) is 5.30. The van der Waals surface area contributed by atoms with Crippen LogP contribution in [0, 0.1) is 17.6 Å². The Hall–Kier alpha value is -1.69. The SMILES string of the molecule is O=C(NCC(O)C1CC1)Nc1ccc(F)cc1F. The third-order valence-corrected chi connectivity index (χ3v) is 2.82. The predicted octanol–water partition coefficient (Wildman–Crippen LogP) is 1.86. The standard InChI is InChI=1S/C12H14F2N2O2/c13-8-3-4-10(9(14)5-8)16-12(18)15-6-11(17)7-1-2-7/h3-5,7,11,17H,1-2,6H2,(H2,15,16,18). The van der Waals surface area contributed by atoms with Crippen molar-refractivity contribution in [1.82, 2.24) is 5.32 Å². The number of halogens is 2. The number of hydrogen-bond acceptors (Lipinski definition) is 2. The van der Waals surface area contributed by atoms with Gasteiger partial charge in [0, 0.05) is 12.6 Å². The van der Waals surface area contributed by atoms with Crippen LogP contribution in [0.15, 0.2) is 18.2 Å². The summed E-state index contributed by atoms with van der Waals surface area (Å²) in [6.45, 7) is 0.124. The molecule has 3 N–H and O–H groups in total. The van der Waals surface area contributed by atoms with Crippen LogP contribution in [0.4, 0.5) is 19.3 Å². The third kappa shape index (κ3) is 3.40. The van der Waals surface area contributed by atoms with Crippen molar-refractivity contribution in [1.29, 1.82) is 0 Å². The van der Waals surface area contributed by atoms with Crippen molar-refractivity contribution in [2.24, 2.45) is 5.92 Å². The molecule has 4 nitrogen and oxygen atoms in total. The largest absolute Gasteiger partial charge is 0.391 e. The van der Waals surface area contributed by atoms with Gasteiger partial charge in [0.1, 0.15) is 11.6 Å². The third-order valence-electron chi connectivity index (χ3n) is 2.82. The van der Waals surface area contributed by atoms with Gasteiger partial charge in [-0.15, -0.1) is 0 Å². The van der Waals surface area contributed by atoms with Crippen molar-refractivity contribution in [2.45, 2.75) is 18.9 Å². The lowest BCUT2D eigenvalue weighted by atomic mass is 10.2. The highest BCUT2D eigenvalue weighted by molar-refractivity contribution is 5.89. The second-order valence-corrected chi connectivity index (χ2v) is 4.36. The Morgan fingerprint density at radius 2 is 2.17 bits per heavy atom. The molecule has 0 heterocycles. The molecule has 2 rings (SSSR count). The van der Waals surface area contributed by atoms with Gasteiger partial charge >= 0.3 is 6.03 Å². The fourth-order valence-electron chi connectivity index (χ4n) is 1.60. The maximum Gasteiger partial charge on any atom is 0.319 e. The van der Waals surface area contributed by atoms with Gasteiger partial charge < -0.3 is 15.7 Å². The molecule has 2 amide bonds. The summed E-state index contributed by atoms with van der Waals surface area (Å²) >= 11 is 0. The normalized spacial score (nSPS) is 16.2. The number of benzene rings is 1. The Balaban J connectivity index is 1.82. The Bertz CT molecular complexity index is 450. The number of urea groups is 1. The Morgan fingerprint density at radius 3 is 2.78 bits per heavy atom. The molecule has 1 fully saturated rings. The van der Waals surface area contributed by atoms with E-state index < -0.39 is 23.8 Å². The van der Waals surface area contributed by atoms with Crippen LogP contribution in [0.5, 0.6) is 0 Å². The lowest BCUT2D eigenvalue weighted by Gasteiger charge is -2.12. The zero-order chi connectivity index (χ0) is 13.1. The highest BCUT2D eigenvalue weighted by Crippen LogP contribution is 2.32. The molecule has 0 saturated heterocycles. The summed E-state index contributed by atoms with van der Waals surface area (Å²) in [5.74, 6) is -1.29. The van der Waals surface area contributed by atoms with Crippen molar-refractivity contribution in [3.05, 3.63) is 29.8 Å². The number of carbonyl (C=O) groups excluding carboxylic acids is 1. The van der Waals surface area contributed by atoms with Gasteiger partial charge in [-0.1, -0.05) is 0 Å². The lowest BCUT2D eigenvalue weighted by molar-refractivity contribution is 0.150. The molecular formula is C12H14F2N2O2. The van der Waals surface area contributed by atoms with E-state index in [1.54, 1.807) is 0 Å². The van der Waals surface area contributed by atoms with Crippen LogP contribution in [-0.4, -0.2) is 23.8 Å². The monoisotopic (exact) mass is 256 g/mol. The van der Waals surface area contributed by atoms with Crippen LogP contribution >= 0.6 is 0 Å². The van der Waals surface area contributed by atoms with E-state index in [4.69, 9.17) is 0 Å². The summed E-state index contributed by atoms with van der Waals surface area (Å²) in [6.07, 6.45) is 1.38. The van der Waals surface area contributed by atoms with Crippen molar-refractivity contribution < 1.29 is 18.7 Å². The number of amides is 2. The van der Waals surface area contributed by atoms with Crippen molar-refractivity contribution in [3.63, 3.8) is 0 Å². The molecule has 0 aromatic heterocycles. The van der Waals surface area contributed by atoms with Crippen LogP contribution in [-0.2, 0) is 0 Å². The van der Waals surface area contributed by atoms with Gasteiger partial charge in [-0.05, 0) is 30.9 Å². The van der Waals surface area contributed by atoms with Crippen LogP contribution in [0.2, 0.25) is 0 Å². The number of nitrogens with one attached hydrogen (secondary N) is 2. The summed E-state index contributed by atoms with van der Waals surface area (Å²) < 4.78 is 25.8. The summed E-state index contributed by atoms with van der Waals surface area (Å²) in [5, 5.41) is 14.2. The first-order chi connectivity index (χ1) is 8.56. The van der Waals surface area contributed by atoms with Crippen LogP contribution in [0.25, 0.3) is 0 Å². The van der Waals surface area contributed by atoms with Crippen molar-refractivity contribution in [3.8, 4) is 0 Å². The molecule has 1 saturated carbocycles. The predicted molar refractivity (Wildman–Crippen MR) is 62.1 cm³/mol. The van der Waals surface area contributed by atoms with E-state index >= 15 is 0 Å². The minimum Gasteiger partial charge on any atom is -0.391 e. The molecule has 0 radical (unpaired) electrons. The minimum absolute atomic E-state index is 0.102. The maximum atomic E-state index is 13.2. The number of carbonyl (C=O) groups is 1. The van der Waals surface area contributed by atoms with Gasteiger partial charge in [-0.25, -0.2) is 13.6 Å². The number of aliphatic hydroxyl groups excluding tert-OH is 1.